The average molecular weight is 149 g/mol. The summed E-state index contributed by atoms with van der Waals surface area (Å²) in [5.41, 5.74) is 0. The largest absolute Gasteiger partial charge is 0.337 e. The Hall–Kier alpha value is -0.930. The summed E-state index contributed by atoms with van der Waals surface area (Å²) in [6, 6.07) is 0. The number of likely N-dealkylation sites (N-methyl/N-ethyl adjacent to an activating group) is 1. The molecule has 0 aliphatic carbocycles. The van der Waals surface area contributed by atoms with E-state index in [0.717, 1.165) is 11.0 Å². The van der Waals surface area contributed by atoms with Gasteiger partial charge in [-0.05, 0) is 6.08 Å². The lowest BCUT2D eigenvalue weighted by atomic mass is 10.5. The molecule has 2 nitrogen and oxygen atoms in total. The van der Waals surface area contributed by atoms with Gasteiger partial charge < -0.3 is 4.90 Å². The summed E-state index contributed by atoms with van der Waals surface area (Å²) < 4.78 is 23.1. The molecule has 0 saturated heterocycles. The van der Waals surface area contributed by atoms with Crippen LogP contribution in [-0.2, 0) is 4.79 Å². The Morgan fingerprint density at radius 2 is 2.30 bits per heavy atom. The summed E-state index contributed by atoms with van der Waals surface area (Å²) >= 11 is 0. The van der Waals surface area contributed by atoms with Crippen molar-refractivity contribution in [1.82, 2.24) is 4.90 Å². The maximum atomic E-state index is 11.6. The predicted molar refractivity (Wildman–Crippen MR) is 33.8 cm³/mol. The van der Waals surface area contributed by atoms with E-state index >= 15 is 0 Å². The smallest absolute Gasteiger partial charge is 0.255 e. The average Bonchev–Trinajstić information content (AvgIpc) is 1.85. The maximum Gasteiger partial charge on any atom is 0.255 e. The molecule has 1 amide bonds. The number of alkyl halides is 2. The SMILES string of the molecule is C=CC(=O)N(C)CC(F)F. The van der Waals surface area contributed by atoms with Crippen LogP contribution in [0.15, 0.2) is 12.7 Å². The molecule has 4 heteroatoms. The Morgan fingerprint density at radius 1 is 1.80 bits per heavy atom. The Kier molecular flexibility index (Phi) is 3.61. The van der Waals surface area contributed by atoms with Gasteiger partial charge in [-0.3, -0.25) is 4.79 Å². The van der Waals surface area contributed by atoms with Crippen molar-refractivity contribution < 1.29 is 13.6 Å². The fourth-order valence-electron chi connectivity index (χ4n) is 0.453. The molecule has 0 heterocycles. The van der Waals surface area contributed by atoms with Gasteiger partial charge in [0.1, 0.15) is 0 Å². The second-order valence-electron chi connectivity index (χ2n) is 1.81. The van der Waals surface area contributed by atoms with Gasteiger partial charge in [-0.25, -0.2) is 8.78 Å². The first-order valence-electron chi connectivity index (χ1n) is 2.73. The zero-order valence-corrected chi connectivity index (χ0v) is 5.68. The summed E-state index contributed by atoms with van der Waals surface area (Å²) in [6.07, 6.45) is -1.48. The molecule has 0 aliphatic rings. The molecule has 0 N–H and O–H groups in total. The topological polar surface area (TPSA) is 20.3 Å². The lowest BCUT2D eigenvalue weighted by molar-refractivity contribution is -0.126. The van der Waals surface area contributed by atoms with E-state index in [9.17, 15) is 13.6 Å². The maximum absolute atomic E-state index is 11.6. The highest BCUT2D eigenvalue weighted by atomic mass is 19.3. The van der Waals surface area contributed by atoms with E-state index in [1.807, 2.05) is 0 Å². The number of carbonyl (C=O) groups excluding carboxylic acids is 1. The van der Waals surface area contributed by atoms with Gasteiger partial charge in [-0.15, -0.1) is 0 Å². The van der Waals surface area contributed by atoms with Gasteiger partial charge in [0.25, 0.3) is 6.43 Å². The summed E-state index contributed by atoms with van der Waals surface area (Å²) in [4.78, 5) is 11.4. The molecular formula is C6H9F2NO. The molecule has 0 unspecified atom stereocenters. The van der Waals surface area contributed by atoms with Gasteiger partial charge in [0.05, 0.1) is 6.54 Å². The van der Waals surface area contributed by atoms with E-state index in [-0.39, 0.29) is 0 Å². The van der Waals surface area contributed by atoms with E-state index in [1.165, 1.54) is 7.05 Å². The fraction of sp³-hybridized carbons (Fsp3) is 0.500. The second kappa shape index (κ2) is 3.98. The van der Waals surface area contributed by atoms with Gasteiger partial charge in [-0.2, -0.15) is 0 Å². The third-order valence-corrected chi connectivity index (χ3v) is 0.963. The number of halogens is 2. The van der Waals surface area contributed by atoms with Crippen LogP contribution < -0.4 is 0 Å². The molecule has 0 aromatic rings. The minimum Gasteiger partial charge on any atom is -0.337 e. The molecule has 0 aromatic heterocycles. The van der Waals surface area contributed by atoms with E-state index in [0.29, 0.717) is 0 Å². The molecule has 0 spiro atoms. The van der Waals surface area contributed by atoms with Crippen LogP contribution in [0, 0.1) is 0 Å². The Morgan fingerprint density at radius 3 is 2.60 bits per heavy atom. The van der Waals surface area contributed by atoms with Crippen LogP contribution in [0.5, 0.6) is 0 Å². The number of nitrogens with zero attached hydrogens (tertiary/aromatic N) is 1. The van der Waals surface area contributed by atoms with Crippen molar-refractivity contribution in [3.8, 4) is 0 Å². The van der Waals surface area contributed by atoms with E-state index < -0.39 is 18.9 Å². The van der Waals surface area contributed by atoms with Crippen molar-refractivity contribution in [2.24, 2.45) is 0 Å². The number of amides is 1. The number of hydrogen-bond donors (Lipinski definition) is 0. The third kappa shape index (κ3) is 3.17. The number of hydrogen-bond acceptors (Lipinski definition) is 1. The van der Waals surface area contributed by atoms with Crippen molar-refractivity contribution in [3.63, 3.8) is 0 Å². The molecule has 0 fully saturated rings. The molecule has 0 saturated carbocycles. The van der Waals surface area contributed by atoms with Gasteiger partial charge in [-0.1, -0.05) is 6.58 Å². The quantitative estimate of drug-likeness (QED) is 0.546. The van der Waals surface area contributed by atoms with E-state index in [1.54, 1.807) is 0 Å². The summed E-state index contributed by atoms with van der Waals surface area (Å²) in [5.74, 6) is -0.486. The molecule has 0 radical (unpaired) electrons. The number of rotatable bonds is 3. The molecule has 58 valence electrons. The zero-order valence-electron chi connectivity index (χ0n) is 5.68. The Bertz CT molecular complexity index is 136. The fourth-order valence-corrected chi connectivity index (χ4v) is 0.453. The van der Waals surface area contributed by atoms with E-state index in [4.69, 9.17) is 0 Å². The highest BCUT2D eigenvalue weighted by Gasteiger charge is 2.09. The van der Waals surface area contributed by atoms with Crippen LogP contribution >= 0.6 is 0 Å². The van der Waals surface area contributed by atoms with Crippen LogP contribution in [0.1, 0.15) is 0 Å². The highest BCUT2D eigenvalue weighted by molar-refractivity contribution is 5.86. The Balaban J connectivity index is 3.72. The molecule has 0 rings (SSSR count). The minimum atomic E-state index is -2.48. The van der Waals surface area contributed by atoms with Crippen LogP contribution in [0.2, 0.25) is 0 Å². The second-order valence-corrected chi connectivity index (χ2v) is 1.81. The van der Waals surface area contributed by atoms with Crippen molar-refractivity contribution in [1.29, 1.82) is 0 Å². The molecular weight excluding hydrogens is 140 g/mol. The van der Waals surface area contributed by atoms with Crippen LogP contribution in [0.4, 0.5) is 8.78 Å². The minimum absolute atomic E-state index is 0.486. The third-order valence-electron chi connectivity index (χ3n) is 0.963. The van der Waals surface area contributed by atoms with Gasteiger partial charge in [0, 0.05) is 7.05 Å². The van der Waals surface area contributed by atoms with Crippen molar-refractivity contribution >= 4 is 5.91 Å². The first-order valence-corrected chi connectivity index (χ1v) is 2.73. The highest BCUT2D eigenvalue weighted by Crippen LogP contribution is 1.95. The molecule has 0 aliphatic heterocycles. The van der Waals surface area contributed by atoms with Crippen molar-refractivity contribution in [2.75, 3.05) is 13.6 Å². The van der Waals surface area contributed by atoms with Crippen LogP contribution in [-0.4, -0.2) is 30.8 Å². The van der Waals surface area contributed by atoms with E-state index in [2.05, 4.69) is 6.58 Å². The van der Waals surface area contributed by atoms with Crippen molar-refractivity contribution in [3.05, 3.63) is 12.7 Å². The lowest BCUT2D eigenvalue weighted by Crippen LogP contribution is -2.29. The standard InChI is InChI=1S/C6H9F2NO/c1-3-6(10)9(2)4-5(7)8/h3,5H,1,4H2,2H3. The lowest BCUT2D eigenvalue weighted by Gasteiger charge is -2.13. The Labute approximate surface area is 58.1 Å². The van der Waals surface area contributed by atoms with Crippen LogP contribution in [0.25, 0.3) is 0 Å². The molecule has 0 atom stereocenters. The molecule has 10 heavy (non-hydrogen) atoms. The van der Waals surface area contributed by atoms with Gasteiger partial charge in [0.15, 0.2) is 0 Å². The molecule has 0 bridgehead atoms. The summed E-state index contributed by atoms with van der Waals surface area (Å²) in [7, 11) is 1.30. The predicted octanol–water partition coefficient (Wildman–Crippen LogP) is 0.896. The monoisotopic (exact) mass is 149 g/mol. The molecule has 0 aromatic carbocycles. The zero-order chi connectivity index (χ0) is 8.15. The number of carbonyl (C=O) groups is 1. The summed E-state index contributed by atoms with van der Waals surface area (Å²) in [5, 5.41) is 0. The first kappa shape index (κ1) is 9.07. The normalized spacial score (nSPS) is 9.60. The summed E-state index contributed by atoms with van der Waals surface area (Å²) in [6.45, 7) is 2.62. The van der Waals surface area contributed by atoms with Crippen LogP contribution in [0.3, 0.4) is 0 Å². The van der Waals surface area contributed by atoms with Gasteiger partial charge in [0.2, 0.25) is 5.91 Å². The van der Waals surface area contributed by atoms with Gasteiger partial charge >= 0.3 is 0 Å². The van der Waals surface area contributed by atoms with Crippen molar-refractivity contribution in [2.45, 2.75) is 6.43 Å². The first-order chi connectivity index (χ1) is 4.57.